The third-order valence-corrected chi connectivity index (χ3v) is 3.34. The summed E-state index contributed by atoms with van der Waals surface area (Å²) >= 11 is 2.93. The maximum atomic E-state index is 5.39. The highest BCUT2D eigenvalue weighted by molar-refractivity contribution is 7.99. The number of thiazole rings is 1. The zero-order valence-electron chi connectivity index (χ0n) is 6.92. The molecule has 0 fully saturated rings. The van der Waals surface area contributed by atoms with E-state index in [1.807, 2.05) is 6.20 Å². The summed E-state index contributed by atoms with van der Waals surface area (Å²) in [4.78, 5) is 4.28. The van der Waals surface area contributed by atoms with Gasteiger partial charge in [-0.25, -0.2) is 4.98 Å². The molecule has 62 valence electrons. The van der Waals surface area contributed by atoms with E-state index in [1.54, 1.807) is 11.3 Å². The Bertz CT molecular complexity index is 237. The van der Waals surface area contributed by atoms with Gasteiger partial charge in [0.05, 0.1) is 15.4 Å². The van der Waals surface area contributed by atoms with Crippen LogP contribution in [-0.2, 0) is 5.41 Å². The van der Waals surface area contributed by atoms with Crippen LogP contribution in [0.5, 0.6) is 0 Å². The highest BCUT2D eigenvalue weighted by Crippen LogP contribution is 2.29. The van der Waals surface area contributed by atoms with Gasteiger partial charge < -0.3 is 0 Å². The van der Waals surface area contributed by atoms with E-state index < -0.39 is 0 Å². The molecule has 0 amide bonds. The Morgan fingerprint density at radius 1 is 1.55 bits per heavy atom. The number of hydrogen-bond donors (Lipinski definition) is 1. The number of aromatic nitrogens is 1. The first-order chi connectivity index (χ1) is 5.04. The van der Waals surface area contributed by atoms with Crippen molar-refractivity contribution in [3.8, 4) is 0 Å². The summed E-state index contributed by atoms with van der Waals surface area (Å²) in [7, 11) is 0. The van der Waals surface area contributed by atoms with Crippen molar-refractivity contribution in [1.29, 1.82) is 0 Å². The predicted octanol–water partition coefficient (Wildman–Crippen LogP) is 2.41. The van der Waals surface area contributed by atoms with Crippen molar-refractivity contribution in [2.45, 2.75) is 30.4 Å². The highest BCUT2D eigenvalue weighted by Gasteiger charge is 2.17. The number of rotatable bonds is 1. The van der Waals surface area contributed by atoms with Gasteiger partial charge in [-0.3, -0.25) is 5.14 Å². The van der Waals surface area contributed by atoms with Crippen molar-refractivity contribution >= 4 is 23.3 Å². The second-order valence-electron chi connectivity index (χ2n) is 3.35. The zero-order valence-corrected chi connectivity index (χ0v) is 8.55. The molecule has 0 spiro atoms. The lowest BCUT2D eigenvalue weighted by atomic mass is 9.98. The third-order valence-electron chi connectivity index (χ3n) is 1.24. The lowest BCUT2D eigenvalue weighted by Gasteiger charge is -2.13. The number of hydrogen-bond acceptors (Lipinski definition) is 4. The van der Waals surface area contributed by atoms with Crippen LogP contribution in [0.25, 0.3) is 0 Å². The average molecular weight is 188 g/mol. The lowest BCUT2D eigenvalue weighted by Crippen LogP contribution is -2.09. The van der Waals surface area contributed by atoms with Gasteiger partial charge in [0.25, 0.3) is 0 Å². The van der Waals surface area contributed by atoms with Crippen LogP contribution in [0.1, 0.15) is 25.8 Å². The van der Waals surface area contributed by atoms with Gasteiger partial charge in [-0.1, -0.05) is 20.8 Å². The largest absolute Gasteiger partial charge is 0.273 e. The molecule has 2 N–H and O–H groups in total. The van der Waals surface area contributed by atoms with Crippen molar-refractivity contribution in [2.75, 3.05) is 0 Å². The Kier molecular flexibility index (Phi) is 2.57. The summed E-state index contributed by atoms with van der Waals surface area (Å²) < 4.78 is 1.08. The molecular formula is C7H12N2S2. The predicted molar refractivity (Wildman–Crippen MR) is 50.9 cm³/mol. The van der Waals surface area contributed by atoms with Gasteiger partial charge in [-0.2, -0.15) is 0 Å². The molecule has 0 aliphatic carbocycles. The molecule has 0 saturated heterocycles. The van der Waals surface area contributed by atoms with E-state index in [2.05, 4.69) is 25.8 Å². The van der Waals surface area contributed by atoms with E-state index in [-0.39, 0.29) is 5.41 Å². The molecule has 0 atom stereocenters. The van der Waals surface area contributed by atoms with Gasteiger partial charge in [0.15, 0.2) is 0 Å². The third kappa shape index (κ3) is 2.18. The van der Waals surface area contributed by atoms with Crippen LogP contribution in [0.3, 0.4) is 0 Å². The molecule has 0 saturated carbocycles. The smallest absolute Gasteiger partial charge is 0.0990 e. The molecule has 1 heterocycles. The van der Waals surface area contributed by atoms with E-state index >= 15 is 0 Å². The standard InChI is InChI=1S/C7H12N2S2/c1-7(2,3)6-9-4-5(10-6)11-8/h4H,8H2,1-3H3. The van der Waals surface area contributed by atoms with Crippen LogP contribution in [0, 0.1) is 0 Å². The molecule has 0 unspecified atom stereocenters. The SMILES string of the molecule is CC(C)(C)c1ncc(SN)s1. The minimum absolute atomic E-state index is 0.151. The normalized spacial score (nSPS) is 12.0. The van der Waals surface area contributed by atoms with Crippen molar-refractivity contribution in [2.24, 2.45) is 5.14 Å². The van der Waals surface area contributed by atoms with E-state index in [0.29, 0.717) is 0 Å². The first-order valence-corrected chi connectivity index (χ1v) is 5.06. The molecule has 0 bridgehead atoms. The Hall–Kier alpha value is -0.0600. The minimum atomic E-state index is 0.151. The van der Waals surface area contributed by atoms with Gasteiger partial charge in [0.1, 0.15) is 0 Å². The van der Waals surface area contributed by atoms with E-state index in [0.717, 1.165) is 9.22 Å². The highest BCUT2D eigenvalue weighted by atomic mass is 32.2. The average Bonchev–Trinajstić information content (AvgIpc) is 2.32. The van der Waals surface area contributed by atoms with Gasteiger partial charge in [-0.05, 0) is 11.9 Å². The molecule has 4 heteroatoms. The second-order valence-corrected chi connectivity index (χ2v) is 5.32. The summed E-state index contributed by atoms with van der Waals surface area (Å²) in [5.74, 6) is 0. The maximum Gasteiger partial charge on any atom is 0.0990 e. The molecule has 0 aromatic carbocycles. The van der Waals surface area contributed by atoms with E-state index in [9.17, 15) is 0 Å². The summed E-state index contributed by atoms with van der Waals surface area (Å²) in [6, 6.07) is 0. The lowest BCUT2D eigenvalue weighted by molar-refractivity contribution is 0.585. The summed E-state index contributed by atoms with van der Waals surface area (Å²) in [5.41, 5.74) is 0.151. The van der Waals surface area contributed by atoms with Crippen molar-refractivity contribution < 1.29 is 0 Å². The quantitative estimate of drug-likeness (QED) is 0.688. The van der Waals surface area contributed by atoms with Gasteiger partial charge >= 0.3 is 0 Å². The zero-order chi connectivity index (χ0) is 8.48. The first kappa shape index (κ1) is 9.03. The van der Waals surface area contributed by atoms with Crippen LogP contribution in [0.15, 0.2) is 10.4 Å². The molecule has 1 aromatic heterocycles. The molecule has 2 nitrogen and oxygen atoms in total. The molecule has 1 aromatic rings. The minimum Gasteiger partial charge on any atom is -0.273 e. The van der Waals surface area contributed by atoms with Gasteiger partial charge in [0.2, 0.25) is 0 Å². The van der Waals surface area contributed by atoms with Gasteiger partial charge in [-0.15, -0.1) is 11.3 Å². The van der Waals surface area contributed by atoms with Crippen molar-refractivity contribution in [3.63, 3.8) is 0 Å². The Morgan fingerprint density at radius 2 is 2.18 bits per heavy atom. The Labute approximate surface area is 75.3 Å². The van der Waals surface area contributed by atoms with Crippen molar-refractivity contribution in [1.82, 2.24) is 4.98 Å². The summed E-state index contributed by atoms with van der Waals surface area (Å²) in [5, 5.41) is 6.54. The fraction of sp³-hybridized carbons (Fsp3) is 0.571. The molecule has 0 aliphatic rings. The topological polar surface area (TPSA) is 38.9 Å². The van der Waals surface area contributed by atoms with Crippen LogP contribution >= 0.6 is 23.3 Å². The number of nitrogens with zero attached hydrogens (tertiary/aromatic N) is 1. The maximum absolute atomic E-state index is 5.39. The molecule has 11 heavy (non-hydrogen) atoms. The van der Waals surface area contributed by atoms with E-state index in [4.69, 9.17) is 5.14 Å². The monoisotopic (exact) mass is 188 g/mol. The molecule has 1 rings (SSSR count). The summed E-state index contributed by atoms with van der Waals surface area (Å²) in [6.45, 7) is 6.45. The van der Waals surface area contributed by atoms with Crippen LogP contribution < -0.4 is 5.14 Å². The fourth-order valence-electron chi connectivity index (χ4n) is 0.661. The second kappa shape index (κ2) is 3.13. The number of nitrogens with two attached hydrogens (primary N) is 1. The summed E-state index contributed by atoms with van der Waals surface area (Å²) in [6.07, 6.45) is 1.83. The molecule has 0 radical (unpaired) electrons. The van der Waals surface area contributed by atoms with E-state index in [1.165, 1.54) is 11.9 Å². The van der Waals surface area contributed by atoms with Crippen molar-refractivity contribution in [3.05, 3.63) is 11.2 Å². The Morgan fingerprint density at radius 3 is 2.45 bits per heavy atom. The fourth-order valence-corrected chi connectivity index (χ4v) is 1.91. The Balaban J connectivity index is 2.89. The van der Waals surface area contributed by atoms with Crippen LogP contribution in [0.4, 0.5) is 0 Å². The molecule has 0 aliphatic heterocycles. The van der Waals surface area contributed by atoms with Crippen LogP contribution in [0.2, 0.25) is 0 Å². The van der Waals surface area contributed by atoms with Gasteiger partial charge in [0, 0.05) is 5.41 Å². The first-order valence-electron chi connectivity index (χ1n) is 3.37. The molecular weight excluding hydrogens is 176 g/mol. The van der Waals surface area contributed by atoms with Crippen LogP contribution in [-0.4, -0.2) is 4.98 Å².